The highest BCUT2D eigenvalue weighted by molar-refractivity contribution is 6.51. The average Bonchev–Trinajstić information content (AvgIpc) is 2.14. The smallest absolute Gasteiger partial charge is 0.380 e. The van der Waals surface area contributed by atoms with Crippen molar-refractivity contribution >= 4 is 19.1 Å². The van der Waals surface area contributed by atoms with E-state index in [4.69, 9.17) is 21.8 Å². The van der Waals surface area contributed by atoms with Gasteiger partial charge in [-0.15, -0.1) is 0 Å². The first-order valence-electron chi connectivity index (χ1n) is 5.01. The van der Waals surface area contributed by atoms with Crippen molar-refractivity contribution in [1.82, 2.24) is 0 Å². The van der Waals surface area contributed by atoms with Gasteiger partial charge in [0, 0.05) is 26.4 Å². The van der Waals surface area contributed by atoms with Crippen molar-refractivity contribution in [3.8, 4) is 0 Å². The van der Waals surface area contributed by atoms with Crippen LogP contribution in [0.15, 0.2) is 0 Å². The Bertz CT molecular complexity index is 140. The van der Waals surface area contributed by atoms with Gasteiger partial charge >= 0.3 is 19.1 Å². The van der Waals surface area contributed by atoms with E-state index in [9.17, 15) is 0 Å². The summed E-state index contributed by atoms with van der Waals surface area (Å²) in [4.78, 5) is 0. The van der Waals surface area contributed by atoms with Crippen LogP contribution in [0.5, 0.6) is 0 Å². The second-order valence-electron chi connectivity index (χ2n) is 3.55. The summed E-state index contributed by atoms with van der Waals surface area (Å²) in [5.74, 6) is 0. The van der Waals surface area contributed by atoms with Crippen LogP contribution in [-0.2, 0) is 21.8 Å². The van der Waals surface area contributed by atoms with Gasteiger partial charge in [-0.2, -0.15) is 0 Å². The molecule has 5 nitrogen and oxygen atoms in total. The Balaban J connectivity index is 3.99. The number of hydrogen-bond donors (Lipinski definition) is 0. The van der Waals surface area contributed by atoms with E-state index in [1.165, 1.54) is 0 Å². The van der Waals surface area contributed by atoms with Crippen LogP contribution in [0.2, 0.25) is 0 Å². The van der Waals surface area contributed by atoms with E-state index in [0.29, 0.717) is 0 Å². The van der Waals surface area contributed by atoms with Gasteiger partial charge in [-0.25, -0.2) is 0 Å². The zero-order chi connectivity index (χ0) is 11.8. The van der Waals surface area contributed by atoms with Gasteiger partial charge in [0.05, 0.1) is 0 Å². The molecule has 0 fully saturated rings. The molecule has 2 unspecified atom stereocenters. The first kappa shape index (κ1) is 15.2. The van der Waals surface area contributed by atoms with Crippen molar-refractivity contribution in [2.24, 2.45) is 0 Å². The molecule has 0 spiro atoms. The van der Waals surface area contributed by atoms with Gasteiger partial charge in [0.2, 0.25) is 0 Å². The third-order valence-corrected chi connectivity index (χ3v) is 5.45. The van der Waals surface area contributed by atoms with Gasteiger partial charge in [-0.1, -0.05) is 0 Å². The molecule has 0 radical (unpaired) electrons. The lowest BCUT2D eigenvalue weighted by molar-refractivity contribution is 0.0749. The van der Waals surface area contributed by atoms with Gasteiger partial charge < -0.3 is 21.8 Å². The van der Waals surface area contributed by atoms with E-state index in [2.05, 4.69) is 0 Å². The maximum Gasteiger partial charge on any atom is 0.476 e. The average molecular weight is 254 g/mol. The fourth-order valence-electron chi connectivity index (χ4n) is 0.822. The molecule has 0 saturated heterocycles. The molecule has 0 aromatic carbocycles. The summed E-state index contributed by atoms with van der Waals surface area (Å²) in [6.45, 7) is 7.76. The highest BCUT2D eigenvalue weighted by Crippen LogP contribution is 2.02. The van der Waals surface area contributed by atoms with Crippen molar-refractivity contribution < 1.29 is 21.8 Å². The molecule has 2 atom stereocenters. The largest absolute Gasteiger partial charge is 0.476 e. The maximum atomic E-state index is 5.56. The molecule has 0 heterocycles. The molecular weight excluding hydrogens is 232 g/mol. The molecule has 7 heteroatoms. The molecule has 0 aliphatic heterocycles. The topological polar surface area (TPSA) is 46.2 Å². The lowest BCUT2D eigenvalue weighted by Crippen LogP contribution is -2.39. The van der Waals surface area contributed by atoms with Crippen LogP contribution in [-0.4, -0.2) is 45.5 Å². The van der Waals surface area contributed by atoms with Crippen molar-refractivity contribution in [1.29, 1.82) is 0 Å². The van der Waals surface area contributed by atoms with Crippen LogP contribution in [0.3, 0.4) is 0 Å². The van der Waals surface area contributed by atoms with Gasteiger partial charge in [0.25, 0.3) is 0 Å². The van der Waals surface area contributed by atoms with Crippen LogP contribution < -0.4 is 0 Å². The lowest BCUT2D eigenvalue weighted by Gasteiger charge is -2.22. The van der Waals surface area contributed by atoms with E-state index in [1.807, 2.05) is 27.7 Å². The molecule has 0 aliphatic rings. The normalized spacial score (nSPS) is 16.0. The third-order valence-electron chi connectivity index (χ3n) is 1.37. The number of hydrogen-bond acceptors (Lipinski definition) is 5. The van der Waals surface area contributed by atoms with Crippen molar-refractivity contribution in [2.45, 2.75) is 39.9 Å². The first-order chi connectivity index (χ1) is 6.99. The zero-order valence-electron chi connectivity index (χ0n) is 10.4. The van der Waals surface area contributed by atoms with E-state index in [-0.39, 0.29) is 12.2 Å². The zero-order valence-corrected chi connectivity index (χ0v) is 12.7. The minimum atomic E-state index is -2.09. The number of rotatable bonds is 8. The van der Waals surface area contributed by atoms with Crippen molar-refractivity contribution in [2.75, 3.05) is 14.2 Å². The fraction of sp³-hybridized carbons (Fsp3) is 1.00. The summed E-state index contributed by atoms with van der Waals surface area (Å²) in [5.41, 5.74) is 0. The van der Waals surface area contributed by atoms with Crippen LogP contribution in [0.4, 0.5) is 0 Å². The lowest BCUT2D eigenvalue weighted by atomic mass is 10.5. The quantitative estimate of drug-likeness (QED) is 0.593. The molecule has 0 bridgehead atoms. The Morgan fingerprint density at radius 3 is 1.27 bits per heavy atom. The minimum absolute atomic E-state index is 0.0900. The van der Waals surface area contributed by atoms with Crippen molar-refractivity contribution in [3.05, 3.63) is 0 Å². The Labute approximate surface area is 95.6 Å². The highest BCUT2D eigenvalue weighted by Gasteiger charge is 2.25. The fourth-order valence-corrected chi connectivity index (χ4v) is 4.06. The maximum absolute atomic E-state index is 5.56. The molecule has 15 heavy (non-hydrogen) atoms. The predicted molar refractivity (Wildman–Crippen MR) is 61.8 cm³/mol. The molecule has 0 aromatic rings. The molecule has 0 aromatic heterocycles. The summed E-state index contributed by atoms with van der Waals surface area (Å²) in [6, 6.07) is 0. The first-order valence-corrected chi connectivity index (χ1v) is 7.84. The Hall–Kier alpha value is 0.234. The molecular formula is C8H22O5Si2. The summed E-state index contributed by atoms with van der Waals surface area (Å²) >= 11 is 0. The van der Waals surface area contributed by atoms with Gasteiger partial charge in [-0.3, -0.25) is 0 Å². The van der Waals surface area contributed by atoms with Gasteiger partial charge in [-0.05, 0) is 27.7 Å². The second kappa shape index (κ2) is 8.39. The minimum Gasteiger partial charge on any atom is -0.380 e. The van der Waals surface area contributed by atoms with E-state index in [0.717, 1.165) is 0 Å². The Morgan fingerprint density at radius 2 is 1.07 bits per heavy atom. The standard InChI is InChI=1S/C8H22O5Si2/c1-7(2)11-14(9-5)13-15(10-6)12-8(3)4/h7-8,14-15H,1-6H3. The summed E-state index contributed by atoms with van der Waals surface area (Å²) in [6.07, 6.45) is 0.180. The summed E-state index contributed by atoms with van der Waals surface area (Å²) in [5, 5.41) is 0. The SMILES string of the molecule is CO[SiH](OC(C)C)O[SiH](OC)OC(C)C. The highest BCUT2D eigenvalue weighted by atomic mass is 28.4. The summed E-state index contributed by atoms with van der Waals surface area (Å²) in [7, 11) is -1.03. The van der Waals surface area contributed by atoms with Crippen LogP contribution in [0, 0.1) is 0 Å². The summed E-state index contributed by atoms with van der Waals surface area (Å²) < 4.78 is 26.8. The Kier molecular flexibility index (Phi) is 8.52. The van der Waals surface area contributed by atoms with Gasteiger partial charge in [0.15, 0.2) is 0 Å². The van der Waals surface area contributed by atoms with Crippen LogP contribution >= 0.6 is 0 Å². The Morgan fingerprint density at radius 1 is 0.733 bits per heavy atom. The predicted octanol–water partition coefficient (Wildman–Crippen LogP) is 0.580. The van der Waals surface area contributed by atoms with Crippen LogP contribution in [0.1, 0.15) is 27.7 Å². The third kappa shape index (κ3) is 8.08. The molecule has 0 N–H and O–H groups in total. The second-order valence-corrected chi connectivity index (χ2v) is 7.29. The van der Waals surface area contributed by atoms with E-state index >= 15 is 0 Å². The molecule has 92 valence electrons. The van der Waals surface area contributed by atoms with E-state index < -0.39 is 19.1 Å². The monoisotopic (exact) mass is 254 g/mol. The van der Waals surface area contributed by atoms with E-state index in [1.54, 1.807) is 14.2 Å². The molecule has 0 rings (SSSR count). The molecule has 0 amide bonds. The van der Waals surface area contributed by atoms with Crippen molar-refractivity contribution in [3.63, 3.8) is 0 Å². The molecule has 0 saturated carbocycles. The molecule has 0 aliphatic carbocycles. The van der Waals surface area contributed by atoms with Gasteiger partial charge in [0.1, 0.15) is 0 Å². The van der Waals surface area contributed by atoms with Crippen LogP contribution in [0.25, 0.3) is 0 Å².